The highest BCUT2D eigenvalue weighted by Gasteiger charge is 2.60. The lowest BCUT2D eigenvalue weighted by molar-refractivity contribution is -0.126. The first kappa shape index (κ1) is 20.7. The molecule has 0 spiro atoms. The van der Waals surface area contributed by atoms with E-state index in [2.05, 4.69) is 0 Å². The monoisotopic (exact) mass is 444 g/mol. The second kappa shape index (κ2) is 8.07. The lowest BCUT2D eigenvalue weighted by atomic mass is 9.90. The molecule has 2 aliphatic rings. The highest BCUT2D eigenvalue weighted by Crippen LogP contribution is 2.47. The fourth-order valence-electron chi connectivity index (χ4n) is 4.34. The number of carbonyl (C=O) groups excluding carboxylic acids is 3. The maximum Gasteiger partial charge on any atom is 0.337 e. The molecule has 2 amide bonds. The number of ether oxygens (including phenoxy) is 1. The van der Waals surface area contributed by atoms with E-state index in [1.165, 1.54) is 43.5 Å². The van der Waals surface area contributed by atoms with Gasteiger partial charge in [0.2, 0.25) is 5.91 Å². The van der Waals surface area contributed by atoms with Gasteiger partial charge in [-0.15, -0.1) is 0 Å². The Morgan fingerprint density at radius 2 is 1.55 bits per heavy atom. The van der Waals surface area contributed by atoms with Gasteiger partial charge in [-0.2, -0.15) is 0 Å². The molecule has 5 rings (SSSR count). The van der Waals surface area contributed by atoms with Crippen molar-refractivity contribution < 1.29 is 29.1 Å². The Hall–Kier alpha value is -4.17. The lowest BCUT2D eigenvalue weighted by Crippen LogP contribution is -2.37. The van der Waals surface area contributed by atoms with Crippen molar-refractivity contribution in [3.05, 3.63) is 90.0 Å². The molecule has 0 saturated carbocycles. The largest absolute Gasteiger partial charge is 0.508 e. The van der Waals surface area contributed by atoms with E-state index in [9.17, 15) is 19.5 Å². The summed E-state index contributed by atoms with van der Waals surface area (Å²) in [5.41, 5.74) is 2.10. The molecule has 1 N–H and O–H groups in total. The molecule has 2 heterocycles. The van der Waals surface area contributed by atoms with Crippen LogP contribution in [0.15, 0.2) is 78.9 Å². The molecule has 0 bridgehead atoms. The number of imide groups is 1. The van der Waals surface area contributed by atoms with E-state index < -0.39 is 35.8 Å². The van der Waals surface area contributed by atoms with Gasteiger partial charge in [-0.3, -0.25) is 14.4 Å². The number of phenols is 1. The van der Waals surface area contributed by atoms with Crippen LogP contribution in [-0.4, -0.2) is 36.1 Å². The van der Waals surface area contributed by atoms with Crippen molar-refractivity contribution in [1.82, 2.24) is 0 Å². The zero-order valence-electron chi connectivity index (χ0n) is 17.6. The molecule has 33 heavy (non-hydrogen) atoms. The number of aromatic hydroxyl groups is 1. The maximum absolute atomic E-state index is 13.6. The Kier molecular flexibility index (Phi) is 5.07. The summed E-state index contributed by atoms with van der Waals surface area (Å²) in [5.74, 6) is -2.07. The van der Waals surface area contributed by atoms with E-state index in [-0.39, 0.29) is 5.75 Å². The van der Waals surface area contributed by atoms with Gasteiger partial charge in [0.25, 0.3) is 5.91 Å². The first-order valence-electron chi connectivity index (χ1n) is 10.4. The Labute approximate surface area is 189 Å². The van der Waals surface area contributed by atoms with Gasteiger partial charge in [0.05, 0.1) is 30.1 Å². The Morgan fingerprint density at radius 3 is 2.18 bits per heavy atom. The van der Waals surface area contributed by atoms with E-state index in [4.69, 9.17) is 9.57 Å². The van der Waals surface area contributed by atoms with Gasteiger partial charge in [-0.05, 0) is 54.1 Å². The van der Waals surface area contributed by atoms with Crippen LogP contribution in [0.2, 0.25) is 0 Å². The summed E-state index contributed by atoms with van der Waals surface area (Å²) in [7, 11) is 1.28. The standard InChI is InChI=1S/C25H20N2O6/c1-32-25(31)16-7-11-17(12-8-16)26-23(29)20-21(15-9-13-19(28)14-10-15)27(33-22(20)24(26)30)18-5-3-2-4-6-18/h2-14,20-22,28H,1H3/t20-,21+,22+/m1/s1. The van der Waals surface area contributed by atoms with E-state index in [1.54, 1.807) is 17.2 Å². The number of hydroxylamine groups is 1. The summed E-state index contributed by atoms with van der Waals surface area (Å²) in [6.07, 6.45) is -1.00. The third-order valence-corrected chi connectivity index (χ3v) is 5.91. The van der Waals surface area contributed by atoms with Crippen LogP contribution in [0.5, 0.6) is 5.75 Å². The summed E-state index contributed by atoms with van der Waals surface area (Å²) in [6, 6.07) is 21.3. The number of hydrogen-bond acceptors (Lipinski definition) is 7. The minimum Gasteiger partial charge on any atom is -0.508 e. The Balaban J connectivity index is 1.53. The van der Waals surface area contributed by atoms with Crippen LogP contribution in [0.1, 0.15) is 22.0 Å². The van der Waals surface area contributed by atoms with E-state index in [0.29, 0.717) is 16.9 Å². The van der Waals surface area contributed by atoms with E-state index in [0.717, 1.165) is 10.5 Å². The number of methoxy groups -OCH3 is 1. The molecule has 0 aromatic heterocycles. The van der Waals surface area contributed by atoms with Crippen molar-refractivity contribution in [3.8, 4) is 5.75 Å². The minimum absolute atomic E-state index is 0.0987. The van der Waals surface area contributed by atoms with Gasteiger partial charge in [0, 0.05) is 0 Å². The third kappa shape index (κ3) is 3.41. The normalized spacial score (nSPS) is 21.9. The van der Waals surface area contributed by atoms with Gasteiger partial charge in [0.15, 0.2) is 6.10 Å². The average Bonchev–Trinajstić information content (AvgIpc) is 3.36. The van der Waals surface area contributed by atoms with Crippen molar-refractivity contribution in [2.45, 2.75) is 12.1 Å². The SMILES string of the molecule is COC(=O)c1ccc(N2C(=O)[C@H]3[C@H](ON(c4ccccc4)[C@H]3c3ccc(O)cc3)C2=O)cc1. The number of carbonyl (C=O) groups is 3. The summed E-state index contributed by atoms with van der Waals surface area (Å²) in [6.45, 7) is 0. The zero-order chi connectivity index (χ0) is 23.1. The molecule has 8 nitrogen and oxygen atoms in total. The molecule has 2 fully saturated rings. The van der Waals surface area contributed by atoms with E-state index >= 15 is 0 Å². The first-order chi connectivity index (χ1) is 16.0. The van der Waals surface area contributed by atoms with Crippen LogP contribution < -0.4 is 9.96 Å². The maximum atomic E-state index is 13.6. The molecule has 3 atom stereocenters. The van der Waals surface area contributed by atoms with Crippen LogP contribution in [0.4, 0.5) is 11.4 Å². The van der Waals surface area contributed by atoms with Gasteiger partial charge < -0.3 is 9.84 Å². The van der Waals surface area contributed by atoms with Gasteiger partial charge in [-0.1, -0.05) is 30.3 Å². The smallest absolute Gasteiger partial charge is 0.337 e. The highest BCUT2D eigenvalue weighted by molar-refractivity contribution is 6.24. The molecule has 8 heteroatoms. The summed E-state index contributed by atoms with van der Waals surface area (Å²) >= 11 is 0. The average molecular weight is 444 g/mol. The molecule has 166 valence electrons. The number of amides is 2. The number of anilines is 2. The summed E-state index contributed by atoms with van der Waals surface area (Å²) < 4.78 is 4.70. The molecule has 2 saturated heterocycles. The van der Waals surface area contributed by atoms with E-state index in [1.807, 2.05) is 30.3 Å². The van der Waals surface area contributed by atoms with Crippen molar-refractivity contribution in [2.75, 3.05) is 17.1 Å². The minimum atomic E-state index is -1.00. The lowest BCUT2D eigenvalue weighted by Gasteiger charge is -2.28. The topological polar surface area (TPSA) is 96.4 Å². The highest BCUT2D eigenvalue weighted by atomic mass is 16.7. The number of para-hydroxylation sites is 1. The number of fused-ring (bicyclic) bond motifs is 1. The summed E-state index contributed by atoms with van der Waals surface area (Å²) in [4.78, 5) is 45.7. The van der Waals surface area contributed by atoms with Crippen molar-refractivity contribution in [1.29, 1.82) is 0 Å². The fraction of sp³-hybridized carbons (Fsp3) is 0.160. The van der Waals surface area contributed by atoms with Gasteiger partial charge in [0.1, 0.15) is 11.7 Å². The van der Waals surface area contributed by atoms with Crippen molar-refractivity contribution >= 4 is 29.2 Å². The molecular formula is C25H20N2O6. The summed E-state index contributed by atoms with van der Waals surface area (Å²) in [5, 5.41) is 11.3. The predicted octanol–water partition coefficient (Wildman–Crippen LogP) is 3.23. The number of benzene rings is 3. The molecule has 0 radical (unpaired) electrons. The number of rotatable bonds is 4. The molecule has 0 aliphatic carbocycles. The number of nitrogens with zero attached hydrogens (tertiary/aromatic N) is 2. The second-order valence-electron chi connectivity index (χ2n) is 7.80. The van der Waals surface area contributed by atoms with Crippen LogP contribution >= 0.6 is 0 Å². The van der Waals surface area contributed by atoms with Crippen LogP contribution in [-0.2, 0) is 19.2 Å². The molecule has 3 aromatic carbocycles. The number of phenolic OH excluding ortho intramolecular Hbond substituents is 1. The van der Waals surface area contributed by atoms with Crippen molar-refractivity contribution in [2.24, 2.45) is 5.92 Å². The Bertz CT molecular complexity index is 1210. The van der Waals surface area contributed by atoms with Gasteiger partial charge in [-0.25, -0.2) is 14.8 Å². The zero-order valence-corrected chi connectivity index (χ0v) is 17.6. The van der Waals surface area contributed by atoms with Crippen LogP contribution in [0.3, 0.4) is 0 Å². The molecule has 3 aromatic rings. The van der Waals surface area contributed by atoms with Gasteiger partial charge >= 0.3 is 5.97 Å². The fourth-order valence-corrected chi connectivity index (χ4v) is 4.34. The Morgan fingerprint density at radius 1 is 0.879 bits per heavy atom. The first-order valence-corrected chi connectivity index (χ1v) is 10.4. The molecule has 0 unspecified atom stereocenters. The third-order valence-electron chi connectivity index (χ3n) is 5.91. The van der Waals surface area contributed by atoms with Crippen LogP contribution in [0.25, 0.3) is 0 Å². The second-order valence-corrected chi connectivity index (χ2v) is 7.80. The van der Waals surface area contributed by atoms with Crippen LogP contribution in [0, 0.1) is 5.92 Å². The quantitative estimate of drug-likeness (QED) is 0.488. The molecular weight excluding hydrogens is 424 g/mol. The molecule has 2 aliphatic heterocycles. The van der Waals surface area contributed by atoms with Crippen molar-refractivity contribution in [3.63, 3.8) is 0 Å². The number of hydrogen-bond donors (Lipinski definition) is 1. The predicted molar refractivity (Wildman–Crippen MR) is 118 cm³/mol. The number of esters is 1.